The largest absolute Gasteiger partial charge is 0.338 e. The molecular weight excluding hydrogens is 254 g/mol. The summed E-state index contributed by atoms with van der Waals surface area (Å²) in [6.07, 6.45) is 4.53. The van der Waals surface area contributed by atoms with Crippen molar-refractivity contribution in [3.05, 3.63) is 5.89 Å². The van der Waals surface area contributed by atoms with Crippen LogP contribution in [0.1, 0.15) is 38.5 Å². The molecule has 1 aromatic rings. The van der Waals surface area contributed by atoms with E-state index in [0.29, 0.717) is 12.1 Å². The van der Waals surface area contributed by atoms with Gasteiger partial charge in [0.2, 0.25) is 0 Å². The van der Waals surface area contributed by atoms with Gasteiger partial charge in [0, 0.05) is 32.1 Å². The maximum atomic E-state index is 13.0. The van der Waals surface area contributed by atoms with Gasteiger partial charge in [-0.15, -0.1) is 0 Å². The standard InChI is InChI=1S/C12H18F2N4O/c1-12(13,14)10-16-11(17-19-10)18-6-4-9(5-7-18)15-8-2-3-8/h8-9,15H,2-7H2,1H3. The number of aromatic nitrogens is 2. The third-order valence-corrected chi connectivity index (χ3v) is 3.62. The van der Waals surface area contributed by atoms with E-state index in [4.69, 9.17) is 0 Å². The molecule has 0 unspecified atom stereocenters. The number of nitrogens with zero attached hydrogens (tertiary/aromatic N) is 3. The van der Waals surface area contributed by atoms with E-state index in [0.717, 1.165) is 32.9 Å². The fourth-order valence-corrected chi connectivity index (χ4v) is 2.35. The molecule has 0 aromatic carbocycles. The van der Waals surface area contributed by atoms with Crippen molar-refractivity contribution >= 4 is 5.95 Å². The molecule has 0 radical (unpaired) electrons. The molecule has 2 fully saturated rings. The summed E-state index contributed by atoms with van der Waals surface area (Å²) in [5.41, 5.74) is 0. The number of hydrogen-bond acceptors (Lipinski definition) is 5. The van der Waals surface area contributed by atoms with Gasteiger partial charge in [-0.1, -0.05) is 0 Å². The molecule has 0 amide bonds. The van der Waals surface area contributed by atoms with Crippen LogP contribution in [0.25, 0.3) is 0 Å². The quantitative estimate of drug-likeness (QED) is 0.907. The Labute approximate surface area is 110 Å². The molecule has 106 valence electrons. The molecule has 0 spiro atoms. The molecule has 1 saturated carbocycles. The molecule has 1 aromatic heterocycles. The van der Waals surface area contributed by atoms with E-state index in [1.165, 1.54) is 12.8 Å². The highest BCUT2D eigenvalue weighted by Gasteiger charge is 2.34. The summed E-state index contributed by atoms with van der Waals surface area (Å²) >= 11 is 0. The maximum Gasteiger partial charge on any atom is 0.322 e. The molecule has 1 aliphatic carbocycles. The van der Waals surface area contributed by atoms with Crippen molar-refractivity contribution in [3.63, 3.8) is 0 Å². The molecule has 2 heterocycles. The lowest BCUT2D eigenvalue weighted by Crippen LogP contribution is -2.43. The van der Waals surface area contributed by atoms with Gasteiger partial charge in [-0.3, -0.25) is 0 Å². The normalized spacial score (nSPS) is 21.9. The summed E-state index contributed by atoms with van der Waals surface area (Å²) in [4.78, 5) is 5.69. The Hall–Kier alpha value is -1.24. The Morgan fingerprint density at radius 1 is 1.21 bits per heavy atom. The number of hydrogen-bond donors (Lipinski definition) is 1. The van der Waals surface area contributed by atoms with Crippen molar-refractivity contribution in [1.82, 2.24) is 15.5 Å². The van der Waals surface area contributed by atoms with Crippen LogP contribution < -0.4 is 10.2 Å². The lowest BCUT2D eigenvalue weighted by atomic mass is 10.1. The average molecular weight is 272 g/mol. The maximum absolute atomic E-state index is 13.0. The van der Waals surface area contributed by atoms with E-state index in [9.17, 15) is 8.78 Å². The zero-order chi connectivity index (χ0) is 13.5. The van der Waals surface area contributed by atoms with Crippen LogP contribution in [0.3, 0.4) is 0 Å². The number of anilines is 1. The van der Waals surface area contributed by atoms with Crippen LogP contribution >= 0.6 is 0 Å². The lowest BCUT2D eigenvalue weighted by Gasteiger charge is -2.31. The summed E-state index contributed by atoms with van der Waals surface area (Å²) in [6, 6.07) is 1.23. The van der Waals surface area contributed by atoms with Crippen molar-refractivity contribution in [2.24, 2.45) is 0 Å². The average Bonchev–Trinajstić information content (AvgIpc) is 3.02. The lowest BCUT2D eigenvalue weighted by molar-refractivity contribution is -0.0158. The topological polar surface area (TPSA) is 54.2 Å². The number of halogens is 2. The Balaban J connectivity index is 1.57. The van der Waals surface area contributed by atoms with E-state index in [-0.39, 0.29) is 5.95 Å². The zero-order valence-electron chi connectivity index (χ0n) is 10.9. The Morgan fingerprint density at radius 3 is 2.37 bits per heavy atom. The number of alkyl halides is 2. The van der Waals surface area contributed by atoms with E-state index in [1.54, 1.807) is 0 Å². The van der Waals surface area contributed by atoms with Gasteiger partial charge in [0.25, 0.3) is 11.8 Å². The number of rotatable bonds is 4. The highest BCUT2D eigenvalue weighted by molar-refractivity contribution is 5.29. The van der Waals surface area contributed by atoms with Crippen LogP contribution in [-0.4, -0.2) is 35.3 Å². The minimum atomic E-state index is -3.07. The molecular formula is C12H18F2N4O. The monoisotopic (exact) mass is 272 g/mol. The van der Waals surface area contributed by atoms with Gasteiger partial charge < -0.3 is 14.7 Å². The van der Waals surface area contributed by atoms with Gasteiger partial charge in [-0.25, -0.2) is 0 Å². The zero-order valence-corrected chi connectivity index (χ0v) is 10.9. The van der Waals surface area contributed by atoms with Gasteiger partial charge in [0.15, 0.2) is 0 Å². The first-order chi connectivity index (χ1) is 9.02. The highest BCUT2D eigenvalue weighted by atomic mass is 19.3. The SMILES string of the molecule is CC(F)(F)c1nc(N2CCC(NC3CC3)CC2)no1. The van der Waals surface area contributed by atoms with Gasteiger partial charge in [0.1, 0.15) is 0 Å². The summed E-state index contributed by atoms with van der Waals surface area (Å²) in [5.74, 6) is -3.40. The minimum absolute atomic E-state index is 0.279. The Morgan fingerprint density at radius 2 is 1.84 bits per heavy atom. The second kappa shape index (κ2) is 4.70. The van der Waals surface area contributed by atoms with E-state index < -0.39 is 11.8 Å². The molecule has 2 aliphatic rings. The van der Waals surface area contributed by atoms with Crippen LogP contribution in [0.2, 0.25) is 0 Å². The third kappa shape index (κ3) is 3.02. The van der Waals surface area contributed by atoms with Crippen molar-refractivity contribution < 1.29 is 13.3 Å². The smallest absolute Gasteiger partial charge is 0.322 e. The molecule has 3 rings (SSSR count). The van der Waals surface area contributed by atoms with Crippen LogP contribution in [-0.2, 0) is 5.92 Å². The first-order valence-electron chi connectivity index (χ1n) is 6.75. The van der Waals surface area contributed by atoms with E-state index >= 15 is 0 Å². The van der Waals surface area contributed by atoms with Crippen LogP contribution in [0.4, 0.5) is 14.7 Å². The molecule has 19 heavy (non-hydrogen) atoms. The van der Waals surface area contributed by atoms with E-state index in [1.807, 2.05) is 4.90 Å². The molecule has 1 saturated heterocycles. The van der Waals surface area contributed by atoms with E-state index in [2.05, 4.69) is 20.0 Å². The summed E-state index contributed by atoms with van der Waals surface area (Å²) in [7, 11) is 0. The van der Waals surface area contributed by atoms with Crippen molar-refractivity contribution in [2.75, 3.05) is 18.0 Å². The fourth-order valence-electron chi connectivity index (χ4n) is 2.35. The van der Waals surface area contributed by atoms with Gasteiger partial charge in [0.05, 0.1) is 0 Å². The van der Waals surface area contributed by atoms with Crippen LogP contribution in [0, 0.1) is 0 Å². The van der Waals surface area contributed by atoms with Crippen molar-refractivity contribution in [1.29, 1.82) is 0 Å². The molecule has 0 atom stereocenters. The number of nitrogens with one attached hydrogen (secondary N) is 1. The second-order valence-electron chi connectivity index (χ2n) is 5.49. The van der Waals surface area contributed by atoms with Crippen LogP contribution in [0.5, 0.6) is 0 Å². The Kier molecular flexibility index (Phi) is 3.16. The Bertz CT molecular complexity index is 433. The predicted molar refractivity (Wildman–Crippen MR) is 65.3 cm³/mol. The predicted octanol–water partition coefficient (Wildman–Crippen LogP) is 1.90. The van der Waals surface area contributed by atoms with Gasteiger partial charge in [-0.05, 0) is 30.8 Å². The molecule has 1 N–H and O–H groups in total. The van der Waals surface area contributed by atoms with Crippen LogP contribution in [0.15, 0.2) is 4.52 Å². The van der Waals surface area contributed by atoms with Crippen molar-refractivity contribution in [2.45, 2.75) is 50.6 Å². The molecule has 7 heteroatoms. The fraction of sp³-hybridized carbons (Fsp3) is 0.833. The first kappa shape index (κ1) is 12.8. The van der Waals surface area contributed by atoms with Gasteiger partial charge in [-0.2, -0.15) is 13.8 Å². The minimum Gasteiger partial charge on any atom is -0.338 e. The number of piperidine rings is 1. The first-order valence-corrected chi connectivity index (χ1v) is 6.75. The summed E-state index contributed by atoms with van der Waals surface area (Å²) < 4.78 is 30.7. The van der Waals surface area contributed by atoms with Gasteiger partial charge >= 0.3 is 5.92 Å². The molecule has 0 bridgehead atoms. The highest BCUT2D eigenvalue weighted by Crippen LogP contribution is 2.28. The second-order valence-corrected chi connectivity index (χ2v) is 5.49. The summed E-state index contributed by atoms with van der Waals surface area (Å²) in [6.45, 7) is 2.31. The van der Waals surface area contributed by atoms with Crippen molar-refractivity contribution in [3.8, 4) is 0 Å². The summed E-state index contributed by atoms with van der Waals surface area (Å²) in [5, 5.41) is 7.23. The molecule has 1 aliphatic heterocycles. The molecule has 5 nitrogen and oxygen atoms in total. The third-order valence-electron chi connectivity index (χ3n) is 3.62.